The Hall–Kier alpha value is -11.3. The van der Waals surface area contributed by atoms with Gasteiger partial charge in [0.05, 0.1) is 37.3 Å². The first-order valence-electron chi connectivity index (χ1n) is 32.1. The van der Waals surface area contributed by atoms with Crippen LogP contribution in [0.5, 0.6) is 0 Å². The topological polar surface area (TPSA) is 481 Å². The fourth-order valence-corrected chi connectivity index (χ4v) is 10.1. The average molecular weight is 1400 g/mol. The van der Waals surface area contributed by atoms with E-state index >= 15 is 4.39 Å². The molecule has 0 aliphatic rings. The van der Waals surface area contributed by atoms with Crippen molar-refractivity contribution in [2.75, 3.05) is 13.2 Å². The molecule has 1 aromatic heterocycles. The molecular formula is C70H84FN13O17. The molecular weight excluding hydrogens is 1310 g/mol. The van der Waals surface area contributed by atoms with Gasteiger partial charge in [-0.15, -0.1) is 0 Å². The molecule has 5 aromatic carbocycles. The van der Waals surface area contributed by atoms with Gasteiger partial charge >= 0.3 is 11.9 Å². The summed E-state index contributed by atoms with van der Waals surface area (Å²) in [5.74, 6) is -18.6. The van der Waals surface area contributed by atoms with Crippen LogP contribution in [0.1, 0.15) is 69.8 Å². The highest BCUT2D eigenvalue weighted by Crippen LogP contribution is 2.23. The molecule has 0 radical (unpaired) electrons. The number of nitrogens with zero attached hydrogens (tertiary/aromatic N) is 1. The fraction of sp³-hybridized carbons (Fsp3) is 0.357. The number of amides is 10. The Morgan fingerprint density at radius 2 is 0.990 bits per heavy atom. The standard InChI is InChI=1S/C70H84FN13O17/c1-39(59(91)77-52(32-43-21-25-47(26-22-43)45-17-11-7-12-18-45)62(94)79-54(66(98)99)33-44-23-27-48(28-24-44)46-19-13-8-14-20-46)76-63(95)55(37-85)81-68(101)70(71,41(3)87)84-64(96)53(31-42-15-9-6-10-16-42)78-65(97)58(40(2)86)82-56(88)36-74-61(93)51(29-30-57(89)90)80-67(100)69(4,5)83-60(92)50(72)34-49-35-73-38-75-49/h6-28,35,38-41,50-55,58,85-87H,29-34,36-37,72H2,1-5H3,(H,73,75)(H,74,93)(H,76,95)(H,77,91)(H,78,97)(H,79,94)(H,80,100)(H,81,101)(H,82,88)(H,83,92)(H,84,96)(H,89,90)(H,98,99)/t39-,40+,41+,50-,51-,52-,53-,54-,55-,58-,70-/m0/s1. The Kier molecular flexibility index (Phi) is 28.9. The number of carboxylic acid groups (broad SMARTS) is 2. The number of hydrogen-bond donors (Lipinski definition) is 17. The zero-order chi connectivity index (χ0) is 74.1. The van der Waals surface area contributed by atoms with E-state index in [1.165, 1.54) is 50.6 Å². The summed E-state index contributed by atoms with van der Waals surface area (Å²) in [5, 5.41) is 74.1. The van der Waals surface area contributed by atoms with Crippen molar-refractivity contribution in [2.45, 2.75) is 145 Å². The molecule has 101 heavy (non-hydrogen) atoms. The van der Waals surface area contributed by atoms with Gasteiger partial charge in [0.15, 0.2) is 0 Å². The number of aliphatic carboxylic acids is 2. The monoisotopic (exact) mass is 1400 g/mol. The third kappa shape index (κ3) is 23.7. The van der Waals surface area contributed by atoms with E-state index in [1.807, 2.05) is 78.1 Å². The van der Waals surface area contributed by atoms with Crippen LogP contribution in [0.4, 0.5) is 4.39 Å². The molecule has 0 bridgehead atoms. The number of benzene rings is 5. The number of aromatic amines is 1. The minimum Gasteiger partial charge on any atom is -0.481 e. The predicted molar refractivity (Wildman–Crippen MR) is 363 cm³/mol. The molecule has 6 aromatic rings. The van der Waals surface area contributed by atoms with Crippen LogP contribution >= 0.6 is 0 Å². The Morgan fingerprint density at radius 1 is 0.515 bits per heavy atom. The van der Waals surface area contributed by atoms with Crippen LogP contribution in [0.25, 0.3) is 22.3 Å². The number of carboxylic acids is 2. The molecule has 30 nitrogen and oxygen atoms in total. The van der Waals surface area contributed by atoms with E-state index < -0.39 is 175 Å². The van der Waals surface area contributed by atoms with Crippen molar-refractivity contribution in [3.8, 4) is 22.3 Å². The largest absolute Gasteiger partial charge is 0.481 e. The summed E-state index contributed by atoms with van der Waals surface area (Å²) in [5.41, 5.74) is 9.64. The second-order valence-corrected chi connectivity index (χ2v) is 24.5. The number of hydrogen-bond acceptors (Lipinski definition) is 17. The van der Waals surface area contributed by atoms with Gasteiger partial charge in [-0.25, -0.2) is 14.2 Å². The van der Waals surface area contributed by atoms with Gasteiger partial charge in [-0.3, -0.25) is 52.7 Å². The molecule has 6 rings (SSSR count). The molecule has 11 atom stereocenters. The Balaban J connectivity index is 1.10. The van der Waals surface area contributed by atoms with Gasteiger partial charge in [0.2, 0.25) is 53.2 Å². The summed E-state index contributed by atoms with van der Waals surface area (Å²) in [7, 11) is 0. The normalized spacial score (nSPS) is 14.8. The predicted octanol–water partition coefficient (Wildman–Crippen LogP) is -0.749. The first-order valence-corrected chi connectivity index (χ1v) is 32.1. The van der Waals surface area contributed by atoms with Crippen molar-refractivity contribution in [1.29, 1.82) is 0 Å². The highest BCUT2D eigenvalue weighted by atomic mass is 19.1. The SMILES string of the molecule is C[C@H](NC(=O)[C@H](CO)NC(=O)[C@@](F)(NC(=O)[C@H](Cc1ccccc1)NC(=O)[C@@H](NC(=O)CNC(=O)[C@H](CCC(=O)O)NC(=O)C(C)(C)NC(=O)[C@@H](N)Cc1c[nH]cn1)[C@@H](C)O)[C@@H](C)O)C(=O)N[C@@H](Cc1ccc(-c2ccccc2)cc1)C(=O)N[C@@H](Cc1ccc(-c2ccccc2)cc1)C(=O)O. The van der Waals surface area contributed by atoms with Gasteiger partial charge in [-0.2, -0.15) is 0 Å². The molecule has 0 aliphatic heterocycles. The van der Waals surface area contributed by atoms with E-state index in [1.54, 1.807) is 47.8 Å². The maximum absolute atomic E-state index is 17.1. The molecule has 0 spiro atoms. The van der Waals surface area contributed by atoms with Crippen molar-refractivity contribution in [2.24, 2.45) is 5.73 Å². The quantitative estimate of drug-likeness (QED) is 0.0213. The van der Waals surface area contributed by atoms with Gasteiger partial charge in [-0.05, 0) is 80.0 Å². The first-order chi connectivity index (χ1) is 47.9. The number of aliphatic hydroxyl groups is 3. The number of aromatic nitrogens is 2. The molecule has 18 N–H and O–H groups in total. The number of imidazole rings is 1. The Labute approximate surface area is 580 Å². The number of alkyl halides is 1. The smallest absolute Gasteiger partial charge is 0.326 e. The maximum Gasteiger partial charge on any atom is 0.326 e. The zero-order valence-corrected chi connectivity index (χ0v) is 55.9. The van der Waals surface area contributed by atoms with E-state index in [9.17, 15) is 83.1 Å². The zero-order valence-electron chi connectivity index (χ0n) is 55.9. The van der Waals surface area contributed by atoms with Crippen molar-refractivity contribution in [1.82, 2.24) is 63.1 Å². The number of nitrogens with one attached hydrogen (secondary N) is 11. The average Bonchev–Trinajstić information content (AvgIpc) is 1.42. The summed E-state index contributed by atoms with van der Waals surface area (Å²) in [4.78, 5) is 168. The van der Waals surface area contributed by atoms with Gasteiger partial charge < -0.3 is 89.4 Å². The summed E-state index contributed by atoms with van der Waals surface area (Å²) in [6.07, 6.45) is -3.35. The van der Waals surface area contributed by atoms with E-state index in [0.717, 1.165) is 43.0 Å². The lowest BCUT2D eigenvalue weighted by Gasteiger charge is -2.32. The summed E-state index contributed by atoms with van der Waals surface area (Å²) >= 11 is 0. The molecule has 0 saturated heterocycles. The van der Waals surface area contributed by atoms with E-state index in [2.05, 4.69) is 52.5 Å². The van der Waals surface area contributed by atoms with Gasteiger partial charge in [0, 0.05) is 38.3 Å². The van der Waals surface area contributed by atoms with Crippen LogP contribution in [0.3, 0.4) is 0 Å². The fourth-order valence-electron chi connectivity index (χ4n) is 10.1. The Bertz CT molecular complexity index is 3830. The van der Waals surface area contributed by atoms with Crippen LogP contribution in [-0.2, 0) is 83.2 Å². The van der Waals surface area contributed by atoms with Gasteiger partial charge in [0.25, 0.3) is 11.7 Å². The highest BCUT2D eigenvalue weighted by molar-refractivity contribution is 6.00. The van der Waals surface area contributed by atoms with Crippen molar-refractivity contribution < 1.29 is 87.5 Å². The maximum atomic E-state index is 17.1. The van der Waals surface area contributed by atoms with Crippen molar-refractivity contribution in [3.05, 3.63) is 174 Å². The molecule has 10 amide bonds. The number of aliphatic hydroxyl groups excluding tert-OH is 3. The number of carbonyl (C=O) groups excluding carboxylic acids is 10. The molecule has 0 aliphatic carbocycles. The second kappa shape index (κ2) is 37.1. The number of halogens is 1. The van der Waals surface area contributed by atoms with E-state index in [-0.39, 0.29) is 19.3 Å². The molecule has 538 valence electrons. The lowest BCUT2D eigenvalue weighted by atomic mass is 9.99. The van der Waals surface area contributed by atoms with E-state index in [0.29, 0.717) is 22.4 Å². The second-order valence-electron chi connectivity index (χ2n) is 24.5. The number of nitrogens with two attached hydrogens (primary N) is 1. The lowest BCUT2D eigenvalue weighted by Crippen LogP contribution is -2.67. The minimum atomic E-state index is -3.89. The number of H-pyrrole nitrogens is 1. The van der Waals surface area contributed by atoms with Crippen LogP contribution in [0.2, 0.25) is 0 Å². The molecule has 1 heterocycles. The molecule has 0 unspecified atom stereocenters. The van der Waals surface area contributed by atoms with E-state index in [4.69, 9.17) is 5.73 Å². The van der Waals surface area contributed by atoms with Crippen LogP contribution in [0, 0.1) is 0 Å². The van der Waals surface area contributed by atoms with Gasteiger partial charge in [-0.1, -0.05) is 140 Å². The van der Waals surface area contributed by atoms with Crippen LogP contribution in [0.15, 0.2) is 152 Å². The summed E-state index contributed by atoms with van der Waals surface area (Å²) in [6, 6.07) is 27.2. The summed E-state index contributed by atoms with van der Waals surface area (Å²) in [6.45, 7) is 3.28. The third-order valence-corrected chi connectivity index (χ3v) is 16.0. The van der Waals surface area contributed by atoms with Crippen LogP contribution in [-0.4, -0.2) is 192 Å². The van der Waals surface area contributed by atoms with Crippen LogP contribution < -0.4 is 58.9 Å². The minimum absolute atomic E-state index is 0.00430. The molecule has 0 saturated carbocycles. The van der Waals surface area contributed by atoms with Crippen molar-refractivity contribution >= 4 is 71.0 Å². The lowest BCUT2D eigenvalue weighted by molar-refractivity contribution is -0.153. The molecule has 0 fully saturated rings. The Morgan fingerprint density at radius 3 is 1.49 bits per heavy atom. The van der Waals surface area contributed by atoms with Gasteiger partial charge in [0.1, 0.15) is 53.9 Å². The number of carbonyl (C=O) groups is 12. The summed E-state index contributed by atoms with van der Waals surface area (Å²) < 4.78 is 17.1. The first kappa shape index (κ1) is 78.7. The highest BCUT2D eigenvalue weighted by Gasteiger charge is 2.48. The number of rotatable bonds is 37. The molecule has 31 heteroatoms. The van der Waals surface area contributed by atoms with Crippen molar-refractivity contribution in [3.63, 3.8) is 0 Å². The third-order valence-electron chi connectivity index (χ3n) is 16.0.